The zero-order valence-electron chi connectivity index (χ0n) is 10.7. The van der Waals surface area contributed by atoms with Crippen molar-refractivity contribution in [2.24, 2.45) is 0 Å². The van der Waals surface area contributed by atoms with Crippen LogP contribution in [0.4, 0.5) is 0 Å². The summed E-state index contributed by atoms with van der Waals surface area (Å²) in [7, 11) is 0. The van der Waals surface area contributed by atoms with E-state index in [4.69, 9.17) is 0 Å². The van der Waals surface area contributed by atoms with E-state index >= 15 is 0 Å². The molecule has 0 radical (unpaired) electrons. The molecule has 1 heterocycles. The van der Waals surface area contributed by atoms with Crippen molar-refractivity contribution in [1.82, 2.24) is 15.3 Å². The van der Waals surface area contributed by atoms with Gasteiger partial charge in [-0.25, -0.2) is 9.97 Å². The number of rotatable bonds is 8. The Morgan fingerprint density at radius 3 is 2.72 bits per heavy atom. The Labute approximate surface area is 111 Å². The van der Waals surface area contributed by atoms with E-state index in [-0.39, 0.29) is 0 Å². The van der Waals surface area contributed by atoms with Crippen molar-refractivity contribution in [3.63, 3.8) is 0 Å². The monoisotopic (exact) mass is 269 g/mol. The smallest absolute Gasteiger partial charge is 0.323 e. The van der Waals surface area contributed by atoms with Crippen LogP contribution in [-0.4, -0.2) is 38.9 Å². The Balaban J connectivity index is 2.34. The molecule has 2 N–H and O–H groups in total. The fourth-order valence-corrected chi connectivity index (χ4v) is 2.35. The molecule has 5 nitrogen and oxygen atoms in total. The summed E-state index contributed by atoms with van der Waals surface area (Å²) in [6.07, 6.45) is 4.80. The highest BCUT2D eigenvalue weighted by Crippen LogP contribution is 2.18. The van der Waals surface area contributed by atoms with Gasteiger partial charge < -0.3 is 10.4 Å². The van der Waals surface area contributed by atoms with Gasteiger partial charge in [-0.15, -0.1) is 0 Å². The third kappa shape index (κ3) is 4.62. The molecule has 1 aromatic rings. The maximum Gasteiger partial charge on any atom is 0.323 e. The minimum absolute atomic E-state index is 0.593. The third-order valence-corrected chi connectivity index (χ3v) is 3.60. The molecule has 0 bridgehead atoms. The van der Waals surface area contributed by atoms with Gasteiger partial charge in [-0.1, -0.05) is 18.7 Å². The maximum atomic E-state index is 11.2. The highest BCUT2D eigenvalue weighted by atomic mass is 32.2. The van der Waals surface area contributed by atoms with Gasteiger partial charge in [-0.2, -0.15) is 0 Å². The van der Waals surface area contributed by atoms with Crippen molar-refractivity contribution < 1.29 is 9.90 Å². The molecule has 0 aliphatic rings. The quantitative estimate of drug-likeness (QED) is 0.426. The summed E-state index contributed by atoms with van der Waals surface area (Å²) < 4.78 is 0. The molecule has 0 fully saturated rings. The van der Waals surface area contributed by atoms with Crippen LogP contribution >= 0.6 is 11.8 Å². The first-order valence-electron chi connectivity index (χ1n) is 5.97. The molecule has 18 heavy (non-hydrogen) atoms. The highest BCUT2D eigenvalue weighted by molar-refractivity contribution is 7.99. The molecule has 0 saturated carbocycles. The molecule has 1 rings (SSSR count). The van der Waals surface area contributed by atoms with Crippen molar-refractivity contribution >= 4 is 17.7 Å². The molecular weight excluding hydrogens is 250 g/mol. The van der Waals surface area contributed by atoms with E-state index in [0.29, 0.717) is 13.0 Å². The molecule has 0 aromatic carbocycles. The average Bonchev–Trinajstić information content (AvgIpc) is 2.36. The zero-order valence-corrected chi connectivity index (χ0v) is 11.5. The molecule has 6 heteroatoms. The Hall–Kier alpha value is -1.14. The Kier molecular flexibility index (Phi) is 6.07. The van der Waals surface area contributed by atoms with E-state index in [1.807, 2.05) is 6.92 Å². The number of carbonyl (C=O) groups is 1. The molecule has 0 spiro atoms. The molecule has 1 unspecified atom stereocenters. The topological polar surface area (TPSA) is 75.1 Å². The van der Waals surface area contributed by atoms with Crippen LogP contribution in [0, 0.1) is 0 Å². The molecular formula is C12H19N3O2S. The van der Waals surface area contributed by atoms with Gasteiger partial charge in [0, 0.05) is 18.1 Å². The first-order valence-corrected chi connectivity index (χ1v) is 6.95. The van der Waals surface area contributed by atoms with Gasteiger partial charge in [0.2, 0.25) is 0 Å². The van der Waals surface area contributed by atoms with Gasteiger partial charge in [-0.3, -0.25) is 4.79 Å². The standard InChI is InChI=1S/C12H19N3O2S/c1-3-15-12(2,10(16)17)6-4-9-18-11-13-7-5-8-14-11/h5,7-8,15H,3-4,6,9H2,1-2H3,(H,16,17). The largest absolute Gasteiger partial charge is 0.480 e. The number of hydrogen-bond acceptors (Lipinski definition) is 5. The average molecular weight is 269 g/mol. The summed E-state index contributed by atoms with van der Waals surface area (Å²) in [6.45, 7) is 4.29. The van der Waals surface area contributed by atoms with E-state index in [1.54, 1.807) is 37.1 Å². The Morgan fingerprint density at radius 1 is 1.50 bits per heavy atom. The van der Waals surface area contributed by atoms with Crippen molar-refractivity contribution in [1.29, 1.82) is 0 Å². The number of nitrogens with one attached hydrogen (secondary N) is 1. The van der Waals surface area contributed by atoms with Crippen LogP contribution in [0.2, 0.25) is 0 Å². The predicted molar refractivity (Wildman–Crippen MR) is 71.7 cm³/mol. The van der Waals surface area contributed by atoms with Crippen LogP contribution in [0.1, 0.15) is 26.7 Å². The second-order valence-corrected chi connectivity index (χ2v) is 5.21. The number of likely N-dealkylation sites (N-methyl/N-ethyl adjacent to an activating group) is 1. The lowest BCUT2D eigenvalue weighted by Gasteiger charge is -2.25. The van der Waals surface area contributed by atoms with E-state index < -0.39 is 11.5 Å². The Bertz CT molecular complexity index is 375. The summed E-state index contributed by atoms with van der Waals surface area (Å²) in [5.41, 5.74) is -0.840. The van der Waals surface area contributed by atoms with E-state index in [2.05, 4.69) is 15.3 Å². The lowest BCUT2D eigenvalue weighted by atomic mass is 9.96. The molecule has 0 amide bonds. The summed E-state index contributed by atoms with van der Waals surface area (Å²) in [5, 5.41) is 12.9. The minimum Gasteiger partial charge on any atom is -0.480 e. The number of aromatic nitrogens is 2. The van der Waals surface area contributed by atoms with Crippen LogP contribution in [0.15, 0.2) is 23.6 Å². The van der Waals surface area contributed by atoms with Gasteiger partial charge >= 0.3 is 5.97 Å². The number of nitrogens with zero attached hydrogens (tertiary/aromatic N) is 2. The highest BCUT2D eigenvalue weighted by Gasteiger charge is 2.31. The van der Waals surface area contributed by atoms with E-state index in [0.717, 1.165) is 17.3 Å². The first kappa shape index (κ1) is 14.9. The van der Waals surface area contributed by atoms with E-state index in [9.17, 15) is 9.90 Å². The summed E-state index contributed by atoms with van der Waals surface area (Å²) in [4.78, 5) is 19.4. The van der Waals surface area contributed by atoms with Crippen LogP contribution in [0.5, 0.6) is 0 Å². The SMILES string of the molecule is CCNC(C)(CCCSc1ncccn1)C(=O)O. The lowest BCUT2D eigenvalue weighted by molar-refractivity contribution is -0.144. The number of thioether (sulfide) groups is 1. The second kappa shape index (κ2) is 7.33. The number of carboxylic acids is 1. The summed E-state index contributed by atoms with van der Waals surface area (Å²) in [5.74, 6) is 0.0171. The van der Waals surface area contributed by atoms with Gasteiger partial charge in [0.05, 0.1) is 0 Å². The molecule has 1 aromatic heterocycles. The molecule has 0 aliphatic heterocycles. The third-order valence-electron chi connectivity index (χ3n) is 2.63. The zero-order chi connectivity index (χ0) is 13.4. The van der Waals surface area contributed by atoms with Crippen LogP contribution in [0.25, 0.3) is 0 Å². The van der Waals surface area contributed by atoms with Crippen LogP contribution in [-0.2, 0) is 4.79 Å². The van der Waals surface area contributed by atoms with Crippen LogP contribution in [0.3, 0.4) is 0 Å². The summed E-state index contributed by atoms with van der Waals surface area (Å²) in [6, 6.07) is 1.77. The normalized spacial score (nSPS) is 14.1. The number of carboxylic acid groups (broad SMARTS) is 1. The molecule has 100 valence electrons. The fraction of sp³-hybridized carbons (Fsp3) is 0.583. The maximum absolute atomic E-state index is 11.2. The van der Waals surface area contributed by atoms with Gasteiger partial charge in [-0.05, 0) is 32.4 Å². The molecule has 0 saturated heterocycles. The van der Waals surface area contributed by atoms with Gasteiger partial charge in [0.15, 0.2) is 5.16 Å². The Morgan fingerprint density at radius 2 is 2.17 bits per heavy atom. The van der Waals surface area contributed by atoms with Crippen LogP contribution < -0.4 is 5.32 Å². The summed E-state index contributed by atoms with van der Waals surface area (Å²) >= 11 is 1.55. The van der Waals surface area contributed by atoms with Crippen molar-refractivity contribution in [3.05, 3.63) is 18.5 Å². The van der Waals surface area contributed by atoms with Gasteiger partial charge in [0.1, 0.15) is 5.54 Å². The van der Waals surface area contributed by atoms with Crippen molar-refractivity contribution in [2.75, 3.05) is 12.3 Å². The number of hydrogen-bond donors (Lipinski definition) is 2. The molecule has 0 aliphatic carbocycles. The lowest BCUT2D eigenvalue weighted by Crippen LogP contribution is -2.49. The minimum atomic E-state index is -0.840. The first-order chi connectivity index (χ1) is 8.58. The predicted octanol–water partition coefficient (Wildman–Crippen LogP) is 1.80. The fourth-order valence-electron chi connectivity index (χ4n) is 1.61. The van der Waals surface area contributed by atoms with E-state index in [1.165, 1.54) is 0 Å². The van der Waals surface area contributed by atoms with Crippen molar-refractivity contribution in [3.8, 4) is 0 Å². The second-order valence-electron chi connectivity index (χ2n) is 4.15. The van der Waals surface area contributed by atoms with Crippen molar-refractivity contribution in [2.45, 2.75) is 37.4 Å². The van der Waals surface area contributed by atoms with Gasteiger partial charge in [0.25, 0.3) is 0 Å². The molecule has 1 atom stereocenters. The number of aliphatic carboxylic acids is 1.